The number of nitrogens with one attached hydrogen (secondary N) is 1. The lowest BCUT2D eigenvalue weighted by atomic mass is 10.1. The minimum atomic E-state index is -0.360. The smallest absolute Gasteiger partial charge is 0.219 e. The fourth-order valence-electron chi connectivity index (χ4n) is 1.55. The van der Waals surface area contributed by atoms with Gasteiger partial charge in [0.15, 0.2) is 0 Å². The lowest BCUT2D eigenvalue weighted by Crippen LogP contribution is -2.18. The normalized spacial score (nSPS) is 12.0. The van der Waals surface area contributed by atoms with E-state index in [0.717, 1.165) is 5.56 Å². The molecule has 1 atom stereocenters. The molecule has 0 fully saturated rings. The number of hydrogen-bond acceptors (Lipinski definition) is 3. The quantitative estimate of drug-likeness (QED) is 0.760. The predicted molar refractivity (Wildman–Crippen MR) is 67.8 cm³/mol. The van der Waals surface area contributed by atoms with Crippen LogP contribution in [0.3, 0.4) is 0 Å². The number of nitrogens with two attached hydrogens (primary N) is 1. The molecule has 0 radical (unpaired) electrons. The third-order valence-electron chi connectivity index (χ3n) is 2.55. The summed E-state index contributed by atoms with van der Waals surface area (Å²) in [6.07, 6.45) is 0.966. The van der Waals surface area contributed by atoms with E-state index in [1.165, 1.54) is 12.1 Å². The number of hydrogen-bond donors (Lipinski definition) is 2. The number of halogens is 1. The first-order valence-corrected chi connectivity index (χ1v) is 5.93. The molecule has 1 aromatic rings. The number of benzene rings is 1. The summed E-state index contributed by atoms with van der Waals surface area (Å²) in [5.41, 5.74) is 6.53. The summed E-state index contributed by atoms with van der Waals surface area (Å²) in [6.45, 7) is 2.17. The van der Waals surface area contributed by atoms with E-state index in [4.69, 9.17) is 10.5 Å². The van der Waals surface area contributed by atoms with E-state index in [9.17, 15) is 9.18 Å². The number of carbonyl (C=O) groups is 1. The predicted octanol–water partition coefficient (Wildman–Crippen LogP) is 1.75. The summed E-state index contributed by atoms with van der Waals surface area (Å²) in [4.78, 5) is 11.0. The fourth-order valence-corrected chi connectivity index (χ4v) is 1.55. The standard InChI is InChI=1S/C13H19FN2O2/c1-9(15)11-6-5-10(14)8-12(11)18-7-3-4-13(17)16-2/h5-6,8-9H,3-4,7,15H2,1-2H3,(H,16,17)/t9-/m0/s1. The number of carbonyl (C=O) groups excluding carboxylic acids is 1. The summed E-state index contributed by atoms with van der Waals surface area (Å²) in [5.74, 6) is 0.0490. The average Bonchev–Trinajstić information content (AvgIpc) is 2.34. The highest BCUT2D eigenvalue weighted by molar-refractivity contribution is 5.75. The van der Waals surface area contributed by atoms with E-state index in [1.807, 2.05) is 6.92 Å². The summed E-state index contributed by atoms with van der Waals surface area (Å²) in [5, 5.41) is 2.53. The van der Waals surface area contributed by atoms with E-state index >= 15 is 0 Å². The maximum atomic E-state index is 13.1. The molecule has 1 rings (SSSR count). The van der Waals surface area contributed by atoms with Gasteiger partial charge in [-0.05, 0) is 19.4 Å². The Bertz CT molecular complexity index is 408. The van der Waals surface area contributed by atoms with Crippen LogP contribution in [0.2, 0.25) is 0 Å². The molecule has 4 nitrogen and oxygen atoms in total. The third kappa shape index (κ3) is 4.33. The van der Waals surface area contributed by atoms with Crippen LogP contribution in [0.4, 0.5) is 4.39 Å². The average molecular weight is 254 g/mol. The maximum absolute atomic E-state index is 13.1. The Morgan fingerprint density at radius 1 is 1.56 bits per heavy atom. The van der Waals surface area contributed by atoms with Crippen molar-refractivity contribution in [1.29, 1.82) is 0 Å². The minimum absolute atomic E-state index is 0.0368. The first kappa shape index (κ1) is 14.4. The largest absolute Gasteiger partial charge is 0.493 e. The Balaban J connectivity index is 2.55. The van der Waals surface area contributed by atoms with Crippen molar-refractivity contribution in [2.75, 3.05) is 13.7 Å². The topological polar surface area (TPSA) is 64.3 Å². The second-order valence-electron chi connectivity index (χ2n) is 4.10. The molecule has 0 aliphatic carbocycles. The van der Waals surface area contributed by atoms with E-state index < -0.39 is 0 Å². The molecule has 0 unspecified atom stereocenters. The Labute approximate surface area is 106 Å². The molecule has 0 aliphatic rings. The number of rotatable bonds is 6. The van der Waals surface area contributed by atoms with Crippen LogP contribution < -0.4 is 15.8 Å². The molecule has 0 bridgehead atoms. The second-order valence-corrected chi connectivity index (χ2v) is 4.10. The summed E-state index contributed by atoms with van der Waals surface area (Å²) >= 11 is 0. The molecule has 0 saturated heterocycles. The number of amides is 1. The molecule has 1 aromatic carbocycles. The van der Waals surface area contributed by atoms with Crippen molar-refractivity contribution in [1.82, 2.24) is 5.32 Å². The monoisotopic (exact) mass is 254 g/mol. The third-order valence-corrected chi connectivity index (χ3v) is 2.55. The van der Waals surface area contributed by atoms with Crippen molar-refractivity contribution in [3.05, 3.63) is 29.6 Å². The van der Waals surface area contributed by atoms with Crippen molar-refractivity contribution < 1.29 is 13.9 Å². The zero-order valence-electron chi connectivity index (χ0n) is 10.7. The maximum Gasteiger partial charge on any atom is 0.219 e. The first-order chi connectivity index (χ1) is 8.54. The summed E-state index contributed by atoms with van der Waals surface area (Å²) in [7, 11) is 1.59. The summed E-state index contributed by atoms with van der Waals surface area (Å²) in [6, 6.07) is 4.07. The molecule has 3 N–H and O–H groups in total. The van der Waals surface area contributed by atoms with Crippen LogP contribution in [0.15, 0.2) is 18.2 Å². The van der Waals surface area contributed by atoms with Crippen molar-refractivity contribution in [3.8, 4) is 5.75 Å². The summed E-state index contributed by atoms with van der Waals surface area (Å²) < 4.78 is 18.6. The first-order valence-electron chi connectivity index (χ1n) is 5.93. The number of ether oxygens (including phenoxy) is 1. The van der Waals surface area contributed by atoms with Gasteiger partial charge in [0.1, 0.15) is 11.6 Å². The minimum Gasteiger partial charge on any atom is -0.493 e. The molecule has 5 heteroatoms. The highest BCUT2D eigenvalue weighted by Gasteiger charge is 2.09. The highest BCUT2D eigenvalue weighted by Crippen LogP contribution is 2.24. The van der Waals surface area contributed by atoms with Gasteiger partial charge in [-0.25, -0.2) is 4.39 Å². The van der Waals surface area contributed by atoms with Gasteiger partial charge in [-0.2, -0.15) is 0 Å². The molecule has 100 valence electrons. The van der Waals surface area contributed by atoms with Crippen molar-refractivity contribution in [3.63, 3.8) is 0 Å². The molecule has 18 heavy (non-hydrogen) atoms. The van der Waals surface area contributed by atoms with E-state index in [1.54, 1.807) is 13.1 Å². The Morgan fingerprint density at radius 2 is 2.28 bits per heavy atom. The van der Waals surface area contributed by atoms with E-state index in [-0.39, 0.29) is 17.8 Å². The molecule has 0 saturated carbocycles. The zero-order valence-corrected chi connectivity index (χ0v) is 10.7. The molecular weight excluding hydrogens is 235 g/mol. The van der Waals surface area contributed by atoms with Gasteiger partial charge in [0.25, 0.3) is 0 Å². The van der Waals surface area contributed by atoms with Crippen molar-refractivity contribution in [2.24, 2.45) is 5.73 Å². The molecule has 1 amide bonds. The van der Waals surface area contributed by atoms with Gasteiger partial charge in [-0.3, -0.25) is 4.79 Å². The van der Waals surface area contributed by atoms with Crippen molar-refractivity contribution in [2.45, 2.75) is 25.8 Å². The lowest BCUT2D eigenvalue weighted by Gasteiger charge is -2.13. The Hall–Kier alpha value is -1.62. The Morgan fingerprint density at radius 3 is 2.89 bits per heavy atom. The van der Waals surface area contributed by atoms with Crippen LogP contribution in [0.5, 0.6) is 5.75 Å². The van der Waals surface area contributed by atoms with Gasteiger partial charge < -0.3 is 15.8 Å². The van der Waals surface area contributed by atoms with Gasteiger partial charge in [0.2, 0.25) is 5.91 Å². The van der Waals surface area contributed by atoms with Crippen LogP contribution in [-0.2, 0) is 4.79 Å². The van der Waals surface area contributed by atoms with E-state index in [0.29, 0.717) is 25.2 Å². The molecule has 0 aliphatic heterocycles. The molecule has 0 spiro atoms. The van der Waals surface area contributed by atoms with Crippen molar-refractivity contribution >= 4 is 5.91 Å². The van der Waals surface area contributed by atoms with Crippen LogP contribution >= 0.6 is 0 Å². The molecule has 0 heterocycles. The Kier molecular flexibility index (Phi) is 5.58. The van der Waals surface area contributed by atoms with Gasteiger partial charge in [-0.1, -0.05) is 6.07 Å². The van der Waals surface area contributed by atoms with Crippen LogP contribution in [0.1, 0.15) is 31.4 Å². The SMILES string of the molecule is CNC(=O)CCCOc1cc(F)ccc1[C@H](C)N. The molecule has 0 aromatic heterocycles. The van der Waals surface area contributed by atoms with Crippen LogP contribution in [-0.4, -0.2) is 19.6 Å². The zero-order chi connectivity index (χ0) is 13.5. The van der Waals surface area contributed by atoms with Crippen LogP contribution in [0, 0.1) is 5.82 Å². The fraction of sp³-hybridized carbons (Fsp3) is 0.462. The molecular formula is C13H19FN2O2. The second kappa shape index (κ2) is 6.96. The lowest BCUT2D eigenvalue weighted by molar-refractivity contribution is -0.120. The van der Waals surface area contributed by atoms with Gasteiger partial charge in [0, 0.05) is 31.1 Å². The highest BCUT2D eigenvalue weighted by atomic mass is 19.1. The van der Waals surface area contributed by atoms with Crippen LogP contribution in [0.25, 0.3) is 0 Å². The van der Waals surface area contributed by atoms with E-state index in [2.05, 4.69) is 5.32 Å². The van der Waals surface area contributed by atoms with Gasteiger partial charge in [-0.15, -0.1) is 0 Å². The van der Waals surface area contributed by atoms with Gasteiger partial charge in [0.05, 0.1) is 6.61 Å². The van der Waals surface area contributed by atoms with Gasteiger partial charge >= 0.3 is 0 Å².